The van der Waals surface area contributed by atoms with Gasteiger partial charge in [-0.15, -0.1) is 0 Å². The molecule has 0 saturated heterocycles. The lowest BCUT2D eigenvalue weighted by molar-refractivity contribution is 0.0777. The van der Waals surface area contributed by atoms with Crippen molar-refractivity contribution in [1.82, 2.24) is 20.4 Å². The van der Waals surface area contributed by atoms with E-state index in [-0.39, 0.29) is 23.1 Å². The highest BCUT2D eigenvalue weighted by atomic mass is 16.2. The van der Waals surface area contributed by atoms with Gasteiger partial charge in [0.05, 0.1) is 0 Å². The Morgan fingerprint density at radius 1 is 1.18 bits per heavy atom. The molecule has 0 unspecified atom stereocenters. The van der Waals surface area contributed by atoms with Crippen LogP contribution in [-0.4, -0.2) is 41.0 Å². The zero-order valence-corrected chi connectivity index (χ0v) is 12.3. The zero-order valence-electron chi connectivity index (χ0n) is 12.3. The summed E-state index contributed by atoms with van der Waals surface area (Å²) in [4.78, 5) is 36.0. The fraction of sp³-hybridized carbons (Fsp3) is 0.200. The first-order valence-corrected chi connectivity index (χ1v) is 6.63. The maximum absolute atomic E-state index is 12.2. The Morgan fingerprint density at radius 2 is 1.86 bits per heavy atom. The standard InChI is InChI=1S/C15H16N4O3/c1-16-14(21)11-5-3-10(4-6-11)9-19(2)15(22)12-7-8-13(20)18-17-12/h3-8H,9H2,1-2H3,(H,16,21)(H,18,20). The first-order chi connectivity index (χ1) is 10.5. The summed E-state index contributed by atoms with van der Waals surface area (Å²) in [6.45, 7) is 0.369. The van der Waals surface area contributed by atoms with E-state index in [0.717, 1.165) is 5.56 Å². The van der Waals surface area contributed by atoms with Gasteiger partial charge in [0, 0.05) is 32.3 Å². The summed E-state index contributed by atoms with van der Waals surface area (Å²) < 4.78 is 0. The van der Waals surface area contributed by atoms with Crippen molar-refractivity contribution in [1.29, 1.82) is 0 Å². The third-order valence-electron chi connectivity index (χ3n) is 3.11. The number of hydrogen-bond donors (Lipinski definition) is 2. The lowest BCUT2D eigenvalue weighted by Crippen LogP contribution is -2.28. The molecule has 7 heteroatoms. The third kappa shape index (κ3) is 3.57. The molecular weight excluding hydrogens is 284 g/mol. The highest BCUT2D eigenvalue weighted by Gasteiger charge is 2.14. The van der Waals surface area contributed by atoms with Crippen LogP contribution in [0.3, 0.4) is 0 Å². The molecule has 2 N–H and O–H groups in total. The largest absolute Gasteiger partial charge is 0.355 e. The van der Waals surface area contributed by atoms with Gasteiger partial charge < -0.3 is 10.2 Å². The van der Waals surface area contributed by atoms with E-state index in [9.17, 15) is 14.4 Å². The van der Waals surface area contributed by atoms with Crippen molar-refractivity contribution in [2.45, 2.75) is 6.54 Å². The number of rotatable bonds is 4. The van der Waals surface area contributed by atoms with Crippen molar-refractivity contribution in [3.05, 3.63) is 63.6 Å². The Kier molecular flexibility index (Phi) is 4.67. The molecule has 0 radical (unpaired) electrons. The summed E-state index contributed by atoms with van der Waals surface area (Å²) in [6, 6.07) is 9.61. The Labute approximate surface area is 127 Å². The molecule has 2 rings (SSSR count). The maximum Gasteiger partial charge on any atom is 0.274 e. The molecule has 0 aliphatic heterocycles. The summed E-state index contributed by atoms with van der Waals surface area (Å²) in [7, 11) is 3.21. The van der Waals surface area contributed by atoms with Crippen molar-refractivity contribution in [2.24, 2.45) is 0 Å². The Bertz CT molecular complexity index is 717. The van der Waals surface area contributed by atoms with E-state index >= 15 is 0 Å². The van der Waals surface area contributed by atoms with E-state index in [0.29, 0.717) is 12.1 Å². The van der Waals surface area contributed by atoms with Crippen LogP contribution < -0.4 is 10.9 Å². The maximum atomic E-state index is 12.2. The second kappa shape index (κ2) is 6.66. The number of nitrogens with one attached hydrogen (secondary N) is 2. The molecule has 0 spiro atoms. The van der Waals surface area contributed by atoms with Gasteiger partial charge in [0.15, 0.2) is 0 Å². The van der Waals surface area contributed by atoms with Crippen LogP contribution in [0.15, 0.2) is 41.2 Å². The Balaban J connectivity index is 2.06. The predicted octanol–water partition coefficient (Wildman–Crippen LogP) is 0.402. The van der Waals surface area contributed by atoms with Crippen LogP contribution in [0.1, 0.15) is 26.4 Å². The Morgan fingerprint density at radius 3 is 2.41 bits per heavy atom. The van der Waals surface area contributed by atoms with Crippen molar-refractivity contribution in [3.63, 3.8) is 0 Å². The van der Waals surface area contributed by atoms with Crippen LogP contribution in [-0.2, 0) is 6.54 Å². The SMILES string of the molecule is CNC(=O)c1ccc(CN(C)C(=O)c2ccc(=O)[nH]n2)cc1. The molecule has 1 heterocycles. The van der Waals surface area contributed by atoms with E-state index < -0.39 is 0 Å². The normalized spacial score (nSPS) is 10.1. The summed E-state index contributed by atoms with van der Waals surface area (Å²) >= 11 is 0. The highest BCUT2D eigenvalue weighted by Crippen LogP contribution is 2.08. The Hall–Kier alpha value is -2.96. The molecule has 7 nitrogen and oxygen atoms in total. The molecule has 0 saturated carbocycles. The summed E-state index contributed by atoms with van der Waals surface area (Å²) in [5, 5.41) is 8.48. The number of aromatic amines is 1. The lowest BCUT2D eigenvalue weighted by atomic mass is 10.1. The number of nitrogens with zero attached hydrogens (tertiary/aromatic N) is 2. The van der Waals surface area contributed by atoms with Gasteiger partial charge in [-0.3, -0.25) is 14.4 Å². The highest BCUT2D eigenvalue weighted by molar-refractivity contribution is 5.94. The number of H-pyrrole nitrogens is 1. The third-order valence-corrected chi connectivity index (χ3v) is 3.11. The quantitative estimate of drug-likeness (QED) is 0.854. The molecule has 0 aliphatic carbocycles. The van der Waals surface area contributed by atoms with Gasteiger partial charge in [0.25, 0.3) is 17.4 Å². The van der Waals surface area contributed by atoms with Gasteiger partial charge in [0.2, 0.25) is 0 Å². The molecule has 0 atom stereocenters. The van der Waals surface area contributed by atoms with Gasteiger partial charge >= 0.3 is 0 Å². The lowest BCUT2D eigenvalue weighted by Gasteiger charge is -2.16. The van der Waals surface area contributed by atoms with E-state index in [1.165, 1.54) is 17.0 Å². The van der Waals surface area contributed by atoms with Crippen molar-refractivity contribution < 1.29 is 9.59 Å². The summed E-state index contributed by atoms with van der Waals surface area (Å²) in [5.41, 5.74) is 1.25. The number of carbonyl (C=O) groups is 2. The first-order valence-electron chi connectivity index (χ1n) is 6.63. The van der Waals surface area contributed by atoms with E-state index in [1.807, 2.05) is 0 Å². The number of aromatic nitrogens is 2. The van der Waals surface area contributed by atoms with Crippen molar-refractivity contribution in [3.8, 4) is 0 Å². The minimum absolute atomic E-state index is 0.159. The van der Waals surface area contributed by atoms with Gasteiger partial charge in [0.1, 0.15) is 5.69 Å². The number of amides is 2. The second-order valence-corrected chi connectivity index (χ2v) is 4.74. The fourth-order valence-electron chi connectivity index (χ4n) is 1.91. The molecule has 114 valence electrons. The monoisotopic (exact) mass is 300 g/mol. The molecular formula is C15H16N4O3. The average Bonchev–Trinajstić information content (AvgIpc) is 2.54. The minimum Gasteiger partial charge on any atom is -0.355 e. The number of hydrogen-bond acceptors (Lipinski definition) is 4. The zero-order chi connectivity index (χ0) is 16.1. The van der Waals surface area contributed by atoms with Crippen molar-refractivity contribution >= 4 is 11.8 Å². The predicted molar refractivity (Wildman–Crippen MR) is 80.5 cm³/mol. The van der Waals surface area contributed by atoms with Gasteiger partial charge in [-0.2, -0.15) is 5.10 Å². The molecule has 2 aromatic rings. The van der Waals surface area contributed by atoms with Crippen molar-refractivity contribution in [2.75, 3.05) is 14.1 Å². The van der Waals surface area contributed by atoms with E-state index in [4.69, 9.17) is 0 Å². The molecule has 0 bridgehead atoms. The van der Waals surface area contributed by atoms with Gasteiger partial charge in [-0.1, -0.05) is 12.1 Å². The van der Waals surface area contributed by atoms with Gasteiger partial charge in [-0.05, 0) is 23.8 Å². The van der Waals surface area contributed by atoms with Crippen LogP contribution in [0.25, 0.3) is 0 Å². The topological polar surface area (TPSA) is 95.2 Å². The van der Waals surface area contributed by atoms with E-state index in [1.54, 1.807) is 38.4 Å². The molecule has 0 aliphatic rings. The average molecular weight is 300 g/mol. The summed E-state index contributed by atoms with van der Waals surface area (Å²) in [6.07, 6.45) is 0. The van der Waals surface area contributed by atoms with Crippen LogP contribution in [0, 0.1) is 0 Å². The smallest absolute Gasteiger partial charge is 0.274 e. The number of benzene rings is 1. The minimum atomic E-state index is -0.357. The second-order valence-electron chi connectivity index (χ2n) is 4.74. The van der Waals surface area contributed by atoms with Crippen LogP contribution in [0.4, 0.5) is 0 Å². The fourth-order valence-corrected chi connectivity index (χ4v) is 1.91. The van der Waals surface area contributed by atoms with Crippen LogP contribution >= 0.6 is 0 Å². The molecule has 0 fully saturated rings. The summed E-state index contributed by atoms with van der Waals surface area (Å²) in [5.74, 6) is -0.458. The first kappa shape index (κ1) is 15.4. The molecule has 22 heavy (non-hydrogen) atoms. The van der Waals surface area contributed by atoms with Gasteiger partial charge in [-0.25, -0.2) is 5.10 Å². The van der Waals surface area contributed by atoms with E-state index in [2.05, 4.69) is 15.5 Å². The molecule has 2 amide bonds. The number of carbonyl (C=O) groups excluding carboxylic acids is 2. The molecule has 1 aromatic carbocycles. The molecule has 1 aromatic heterocycles. The van der Waals surface area contributed by atoms with Crippen LogP contribution in [0.5, 0.6) is 0 Å². The van der Waals surface area contributed by atoms with Crippen LogP contribution in [0.2, 0.25) is 0 Å².